The Labute approximate surface area is 91.4 Å². The number of hydrogen-bond donors (Lipinski definition) is 0. The Bertz CT molecular complexity index is 339. The molecular weight excluding hydrogens is 246 g/mol. The third kappa shape index (κ3) is 2.32. The van der Waals surface area contributed by atoms with Crippen LogP contribution >= 0.6 is 15.9 Å². The van der Waals surface area contributed by atoms with E-state index in [2.05, 4.69) is 15.9 Å². The van der Waals surface area contributed by atoms with Crippen LogP contribution in [0.5, 0.6) is 0 Å². The number of benzene rings is 1. The van der Waals surface area contributed by atoms with Crippen molar-refractivity contribution in [3.63, 3.8) is 0 Å². The van der Waals surface area contributed by atoms with Gasteiger partial charge in [-0.2, -0.15) is 0 Å². The molecule has 14 heavy (non-hydrogen) atoms. The molecule has 2 unspecified atom stereocenters. The third-order valence-corrected chi connectivity index (χ3v) is 3.11. The van der Waals surface area contributed by atoms with Crippen LogP contribution in [0.15, 0.2) is 24.3 Å². The number of nitro groups is 1. The van der Waals surface area contributed by atoms with Gasteiger partial charge in [0.25, 0.3) is 5.69 Å². The summed E-state index contributed by atoms with van der Waals surface area (Å²) in [5.74, 6) is 0.136. The first-order valence-corrected chi connectivity index (χ1v) is 5.33. The van der Waals surface area contributed by atoms with Crippen LogP contribution in [-0.4, -0.2) is 9.75 Å². The summed E-state index contributed by atoms with van der Waals surface area (Å²) < 4.78 is 0. The van der Waals surface area contributed by atoms with E-state index in [0.717, 1.165) is 5.56 Å². The van der Waals surface area contributed by atoms with Gasteiger partial charge in [-0.15, -0.1) is 0 Å². The van der Waals surface area contributed by atoms with Crippen molar-refractivity contribution >= 4 is 21.6 Å². The molecule has 0 saturated heterocycles. The summed E-state index contributed by atoms with van der Waals surface area (Å²) in [4.78, 5) is 10.6. The molecule has 0 aliphatic heterocycles. The molecule has 0 amide bonds. The van der Waals surface area contributed by atoms with Crippen LogP contribution < -0.4 is 0 Å². The number of rotatable bonds is 3. The van der Waals surface area contributed by atoms with Gasteiger partial charge >= 0.3 is 0 Å². The first-order valence-electron chi connectivity index (χ1n) is 4.41. The Morgan fingerprint density at radius 3 is 2.43 bits per heavy atom. The molecule has 0 saturated carbocycles. The summed E-state index contributed by atoms with van der Waals surface area (Å²) >= 11 is 3.44. The molecule has 4 heteroatoms. The number of nitro benzene ring substituents is 1. The maximum absolute atomic E-state index is 10.7. The molecule has 76 valence electrons. The SMILES string of the molecule is CC(Br)C(C)c1ccccc1[N+](=O)[O-]. The van der Waals surface area contributed by atoms with Gasteiger partial charge in [-0.3, -0.25) is 10.1 Å². The van der Waals surface area contributed by atoms with Crippen molar-refractivity contribution in [3.05, 3.63) is 39.9 Å². The minimum Gasteiger partial charge on any atom is -0.258 e. The predicted octanol–water partition coefficient (Wildman–Crippen LogP) is 3.48. The van der Waals surface area contributed by atoms with Crippen molar-refractivity contribution in [1.82, 2.24) is 0 Å². The lowest BCUT2D eigenvalue weighted by Gasteiger charge is -2.14. The fourth-order valence-electron chi connectivity index (χ4n) is 1.29. The van der Waals surface area contributed by atoms with Crippen LogP contribution in [0.4, 0.5) is 5.69 Å². The van der Waals surface area contributed by atoms with E-state index in [4.69, 9.17) is 0 Å². The fraction of sp³-hybridized carbons (Fsp3) is 0.400. The lowest BCUT2D eigenvalue weighted by molar-refractivity contribution is -0.385. The normalized spacial score (nSPS) is 14.8. The number of hydrogen-bond acceptors (Lipinski definition) is 2. The van der Waals surface area contributed by atoms with Gasteiger partial charge in [-0.05, 0) is 0 Å². The molecule has 0 spiro atoms. The minimum absolute atomic E-state index is 0.136. The van der Waals surface area contributed by atoms with Gasteiger partial charge in [0.1, 0.15) is 0 Å². The third-order valence-electron chi connectivity index (χ3n) is 2.31. The van der Waals surface area contributed by atoms with Crippen molar-refractivity contribution in [2.45, 2.75) is 24.6 Å². The standard InChI is InChI=1S/C10H12BrNO2/c1-7(8(2)11)9-5-3-4-6-10(9)12(13)14/h3-8H,1-2H3. The topological polar surface area (TPSA) is 43.1 Å². The zero-order valence-electron chi connectivity index (χ0n) is 8.11. The van der Waals surface area contributed by atoms with Crippen LogP contribution in [0.2, 0.25) is 0 Å². The summed E-state index contributed by atoms with van der Waals surface area (Å²) in [6.45, 7) is 3.96. The first kappa shape index (κ1) is 11.2. The average molecular weight is 258 g/mol. The van der Waals surface area contributed by atoms with Gasteiger partial charge < -0.3 is 0 Å². The summed E-state index contributed by atoms with van der Waals surface area (Å²) in [6, 6.07) is 6.86. The summed E-state index contributed by atoms with van der Waals surface area (Å²) in [5.41, 5.74) is 0.980. The lowest BCUT2D eigenvalue weighted by Crippen LogP contribution is -2.07. The molecule has 1 rings (SSSR count). The number of alkyl halides is 1. The second kappa shape index (κ2) is 4.55. The van der Waals surface area contributed by atoms with Crippen molar-refractivity contribution in [1.29, 1.82) is 0 Å². The Hall–Kier alpha value is -0.900. The van der Waals surface area contributed by atoms with Crippen LogP contribution in [0.3, 0.4) is 0 Å². The Morgan fingerprint density at radius 1 is 1.36 bits per heavy atom. The smallest absolute Gasteiger partial charge is 0.258 e. The van der Waals surface area contributed by atoms with Crippen molar-refractivity contribution in [2.75, 3.05) is 0 Å². The first-order chi connectivity index (χ1) is 6.54. The highest BCUT2D eigenvalue weighted by molar-refractivity contribution is 9.09. The molecule has 1 aromatic rings. The summed E-state index contributed by atoms with van der Waals surface area (Å²) in [7, 11) is 0. The molecule has 0 radical (unpaired) electrons. The maximum Gasteiger partial charge on any atom is 0.272 e. The number of nitrogens with zero attached hydrogens (tertiary/aromatic N) is 1. The minimum atomic E-state index is -0.332. The molecule has 0 heterocycles. The molecule has 0 bridgehead atoms. The number of para-hydroxylation sites is 1. The maximum atomic E-state index is 10.7. The van der Waals surface area contributed by atoms with Crippen molar-refractivity contribution in [3.8, 4) is 0 Å². The van der Waals surface area contributed by atoms with Crippen molar-refractivity contribution < 1.29 is 4.92 Å². The molecule has 1 aromatic carbocycles. The van der Waals surface area contributed by atoms with E-state index < -0.39 is 0 Å². The Morgan fingerprint density at radius 2 is 1.93 bits per heavy atom. The molecule has 0 aliphatic rings. The van der Waals surface area contributed by atoms with Crippen molar-refractivity contribution in [2.24, 2.45) is 0 Å². The van der Waals surface area contributed by atoms with Crippen LogP contribution in [0.1, 0.15) is 25.3 Å². The quantitative estimate of drug-likeness (QED) is 0.473. The van der Waals surface area contributed by atoms with Crippen LogP contribution in [0.25, 0.3) is 0 Å². The Balaban J connectivity index is 3.13. The predicted molar refractivity (Wildman–Crippen MR) is 59.9 cm³/mol. The Kier molecular flexibility index (Phi) is 3.63. The highest BCUT2D eigenvalue weighted by atomic mass is 79.9. The van der Waals surface area contributed by atoms with Gasteiger partial charge in [-0.25, -0.2) is 0 Å². The van der Waals surface area contributed by atoms with Gasteiger partial charge in [-0.1, -0.05) is 48.0 Å². The highest BCUT2D eigenvalue weighted by Crippen LogP contribution is 2.30. The average Bonchev–Trinajstić information content (AvgIpc) is 2.16. The lowest BCUT2D eigenvalue weighted by atomic mass is 9.97. The molecule has 0 aromatic heterocycles. The van der Waals surface area contributed by atoms with E-state index in [1.165, 1.54) is 0 Å². The zero-order chi connectivity index (χ0) is 10.7. The zero-order valence-corrected chi connectivity index (χ0v) is 9.69. The molecule has 0 aliphatic carbocycles. The molecule has 0 fully saturated rings. The fourth-order valence-corrected chi connectivity index (χ4v) is 1.57. The van der Waals surface area contributed by atoms with E-state index in [1.54, 1.807) is 18.2 Å². The summed E-state index contributed by atoms with van der Waals surface area (Å²) in [5, 5.41) is 10.7. The molecule has 0 N–H and O–H groups in total. The van der Waals surface area contributed by atoms with Crippen LogP contribution in [0, 0.1) is 10.1 Å². The second-order valence-corrected chi connectivity index (χ2v) is 4.73. The van der Waals surface area contributed by atoms with Gasteiger partial charge in [0.15, 0.2) is 0 Å². The van der Waals surface area contributed by atoms with E-state index >= 15 is 0 Å². The highest BCUT2D eigenvalue weighted by Gasteiger charge is 2.20. The largest absolute Gasteiger partial charge is 0.272 e. The molecule has 2 atom stereocenters. The summed E-state index contributed by atoms with van der Waals surface area (Å²) in [6.07, 6.45) is 0. The monoisotopic (exact) mass is 257 g/mol. The van der Waals surface area contributed by atoms with Gasteiger partial charge in [0.2, 0.25) is 0 Å². The van der Waals surface area contributed by atoms with Gasteiger partial charge in [0.05, 0.1) is 4.92 Å². The van der Waals surface area contributed by atoms with Crippen LogP contribution in [-0.2, 0) is 0 Å². The molecule has 3 nitrogen and oxygen atoms in total. The van der Waals surface area contributed by atoms with E-state index in [1.807, 2.05) is 19.9 Å². The number of halogens is 1. The van der Waals surface area contributed by atoms with E-state index in [0.29, 0.717) is 0 Å². The molecular formula is C10H12BrNO2. The van der Waals surface area contributed by atoms with E-state index in [9.17, 15) is 10.1 Å². The second-order valence-electron chi connectivity index (χ2n) is 3.28. The van der Waals surface area contributed by atoms with Gasteiger partial charge in [0, 0.05) is 22.4 Å². The van der Waals surface area contributed by atoms with E-state index in [-0.39, 0.29) is 21.4 Å².